The number of aliphatic hydroxyl groups excluding tert-OH is 1. The fourth-order valence-electron chi connectivity index (χ4n) is 3.29. The van der Waals surface area contributed by atoms with Crippen LogP contribution in [-0.4, -0.2) is 28.5 Å². The van der Waals surface area contributed by atoms with Gasteiger partial charge in [0.15, 0.2) is 5.79 Å². The van der Waals surface area contributed by atoms with Crippen molar-refractivity contribution < 1.29 is 19.5 Å². The lowest BCUT2D eigenvalue weighted by Gasteiger charge is -2.31. The van der Waals surface area contributed by atoms with Gasteiger partial charge in [0.05, 0.1) is 17.1 Å². The summed E-state index contributed by atoms with van der Waals surface area (Å²) in [6.07, 6.45) is 3.60. The SMILES string of the molecule is O=[N+]([O-])c1ccccc1C1OC2(CCCCC2)OC1CO. The number of rotatable bonds is 3. The van der Waals surface area contributed by atoms with Gasteiger partial charge in [0.1, 0.15) is 12.2 Å². The summed E-state index contributed by atoms with van der Waals surface area (Å²) in [6, 6.07) is 6.50. The largest absolute Gasteiger partial charge is 0.394 e. The summed E-state index contributed by atoms with van der Waals surface area (Å²) >= 11 is 0. The average molecular weight is 293 g/mol. The summed E-state index contributed by atoms with van der Waals surface area (Å²) in [7, 11) is 0. The predicted octanol–water partition coefficient (Wildman–Crippen LogP) is 2.70. The maximum absolute atomic E-state index is 11.2. The molecule has 0 bridgehead atoms. The number of nitrogens with zero attached hydrogens (tertiary/aromatic N) is 1. The molecule has 1 spiro atoms. The summed E-state index contributed by atoms with van der Waals surface area (Å²) in [6.45, 7) is -0.210. The van der Waals surface area contributed by atoms with E-state index in [9.17, 15) is 15.2 Å². The van der Waals surface area contributed by atoms with Crippen LogP contribution in [0.3, 0.4) is 0 Å². The minimum atomic E-state index is -0.681. The molecular formula is C15H19NO5. The van der Waals surface area contributed by atoms with Crippen molar-refractivity contribution in [3.8, 4) is 0 Å². The predicted molar refractivity (Wildman–Crippen MR) is 74.7 cm³/mol. The Labute approximate surface area is 122 Å². The second kappa shape index (κ2) is 5.71. The molecule has 3 rings (SSSR count). The Morgan fingerprint density at radius 1 is 1.24 bits per heavy atom. The highest BCUT2D eigenvalue weighted by atomic mass is 16.8. The van der Waals surface area contributed by atoms with Gasteiger partial charge in [-0.1, -0.05) is 18.6 Å². The molecule has 1 aliphatic carbocycles. The number of benzene rings is 1. The van der Waals surface area contributed by atoms with Gasteiger partial charge in [-0.15, -0.1) is 0 Å². The van der Waals surface area contributed by atoms with Gasteiger partial charge in [0.25, 0.3) is 5.69 Å². The first-order valence-corrected chi connectivity index (χ1v) is 7.35. The average Bonchev–Trinajstić information content (AvgIpc) is 2.86. The van der Waals surface area contributed by atoms with Crippen LogP contribution in [0.25, 0.3) is 0 Å². The monoisotopic (exact) mass is 293 g/mol. The molecule has 1 saturated carbocycles. The van der Waals surface area contributed by atoms with E-state index in [4.69, 9.17) is 9.47 Å². The number of para-hydroxylation sites is 1. The molecule has 1 aliphatic heterocycles. The van der Waals surface area contributed by atoms with Gasteiger partial charge in [-0.2, -0.15) is 0 Å². The molecule has 1 N–H and O–H groups in total. The van der Waals surface area contributed by atoms with Crippen molar-refractivity contribution >= 4 is 5.69 Å². The van der Waals surface area contributed by atoms with Crippen molar-refractivity contribution in [1.29, 1.82) is 0 Å². The van der Waals surface area contributed by atoms with Gasteiger partial charge < -0.3 is 14.6 Å². The molecule has 0 radical (unpaired) electrons. The molecule has 6 heteroatoms. The smallest absolute Gasteiger partial charge is 0.275 e. The van der Waals surface area contributed by atoms with Crippen molar-refractivity contribution in [3.63, 3.8) is 0 Å². The van der Waals surface area contributed by atoms with E-state index in [2.05, 4.69) is 0 Å². The molecule has 6 nitrogen and oxygen atoms in total. The Bertz CT molecular complexity index is 527. The Hall–Kier alpha value is -1.50. The number of nitro benzene ring substituents is 1. The molecular weight excluding hydrogens is 274 g/mol. The first-order chi connectivity index (χ1) is 10.2. The molecule has 1 aromatic rings. The summed E-state index contributed by atoms with van der Waals surface area (Å²) in [4.78, 5) is 10.8. The molecule has 2 atom stereocenters. The zero-order valence-corrected chi connectivity index (χ0v) is 11.7. The highest BCUT2D eigenvalue weighted by molar-refractivity contribution is 5.42. The summed E-state index contributed by atoms with van der Waals surface area (Å²) in [5.74, 6) is -0.681. The molecule has 1 saturated heterocycles. The highest BCUT2D eigenvalue weighted by Crippen LogP contribution is 2.47. The lowest BCUT2D eigenvalue weighted by atomic mass is 9.94. The number of hydrogen-bond acceptors (Lipinski definition) is 5. The Morgan fingerprint density at radius 2 is 1.95 bits per heavy atom. The quantitative estimate of drug-likeness (QED) is 0.684. The van der Waals surface area contributed by atoms with E-state index in [0.717, 1.165) is 32.1 Å². The van der Waals surface area contributed by atoms with Crippen molar-refractivity contribution in [2.24, 2.45) is 0 Å². The summed E-state index contributed by atoms with van der Waals surface area (Å²) in [5.41, 5.74) is 0.487. The number of nitro groups is 1. The van der Waals surface area contributed by atoms with Crippen molar-refractivity contribution in [3.05, 3.63) is 39.9 Å². The van der Waals surface area contributed by atoms with Crippen molar-refractivity contribution in [1.82, 2.24) is 0 Å². The van der Waals surface area contributed by atoms with E-state index in [1.165, 1.54) is 6.07 Å². The molecule has 0 amide bonds. The van der Waals surface area contributed by atoms with Gasteiger partial charge in [0, 0.05) is 18.9 Å². The molecule has 21 heavy (non-hydrogen) atoms. The zero-order valence-electron chi connectivity index (χ0n) is 11.7. The second-order valence-corrected chi connectivity index (χ2v) is 5.66. The number of ether oxygens (including phenoxy) is 2. The van der Waals surface area contributed by atoms with Gasteiger partial charge in [0.2, 0.25) is 0 Å². The molecule has 2 aliphatic rings. The van der Waals surface area contributed by atoms with Crippen LogP contribution in [-0.2, 0) is 9.47 Å². The molecule has 1 aromatic carbocycles. The first-order valence-electron chi connectivity index (χ1n) is 7.35. The third-order valence-electron chi connectivity index (χ3n) is 4.28. The van der Waals surface area contributed by atoms with Gasteiger partial charge in [-0.05, 0) is 18.9 Å². The lowest BCUT2D eigenvalue weighted by molar-refractivity contribution is -0.386. The third-order valence-corrected chi connectivity index (χ3v) is 4.28. The van der Waals surface area contributed by atoms with E-state index in [-0.39, 0.29) is 12.3 Å². The van der Waals surface area contributed by atoms with Crippen LogP contribution in [0, 0.1) is 10.1 Å². The fourth-order valence-corrected chi connectivity index (χ4v) is 3.29. The van der Waals surface area contributed by atoms with Crippen LogP contribution < -0.4 is 0 Å². The van der Waals surface area contributed by atoms with Crippen molar-refractivity contribution in [2.45, 2.75) is 50.1 Å². The van der Waals surface area contributed by atoms with Gasteiger partial charge in [-0.3, -0.25) is 10.1 Å². The minimum Gasteiger partial charge on any atom is -0.394 e. The van der Waals surface area contributed by atoms with Crippen LogP contribution in [0.15, 0.2) is 24.3 Å². The molecule has 0 aromatic heterocycles. The standard InChI is InChI=1S/C15H19NO5/c17-10-13-14(11-6-2-3-7-12(11)16(18)19)21-15(20-13)8-4-1-5-9-15/h2-3,6-7,13-14,17H,1,4-5,8-10H2. The third kappa shape index (κ3) is 2.66. The van der Waals surface area contributed by atoms with Crippen LogP contribution >= 0.6 is 0 Å². The van der Waals surface area contributed by atoms with Gasteiger partial charge >= 0.3 is 0 Å². The maximum atomic E-state index is 11.2. The Kier molecular flexibility index (Phi) is 3.93. The lowest BCUT2D eigenvalue weighted by Crippen LogP contribution is -2.33. The zero-order chi connectivity index (χ0) is 14.9. The van der Waals surface area contributed by atoms with E-state index in [0.29, 0.717) is 5.56 Å². The summed E-state index contributed by atoms with van der Waals surface area (Å²) < 4.78 is 12.0. The van der Waals surface area contributed by atoms with Crippen LogP contribution in [0.2, 0.25) is 0 Å². The topological polar surface area (TPSA) is 81.8 Å². The van der Waals surface area contributed by atoms with Gasteiger partial charge in [-0.25, -0.2) is 0 Å². The molecule has 2 unspecified atom stereocenters. The summed E-state index contributed by atoms with van der Waals surface area (Å²) in [5, 5.41) is 20.8. The molecule has 114 valence electrons. The highest BCUT2D eigenvalue weighted by Gasteiger charge is 2.49. The van der Waals surface area contributed by atoms with Crippen LogP contribution in [0.1, 0.15) is 43.8 Å². The Balaban J connectivity index is 1.92. The van der Waals surface area contributed by atoms with Crippen LogP contribution in [0.4, 0.5) is 5.69 Å². The molecule has 1 heterocycles. The van der Waals surface area contributed by atoms with E-state index >= 15 is 0 Å². The molecule has 2 fully saturated rings. The van der Waals surface area contributed by atoms with E-state index in [1.54, 1.807) is 18.2 Å². The minimum absolute atomic E-state index is 0.0115. The fraction of sp³-hybridized carbons (Fsp3) is 0.600. The van der Waals surface area contributed by atoms with Crippen LogP contribution in [0.5, 0.6) is 0 Å². The number of aliphatic hydroxyl groups is 1. The normalized spacial score (nSPS) is 27.9. The first kappa shape index (κ1) is 14.4. The number of hydrogen-bond donors (Lipinski definition) is 1. The maximum Gasteiger partial charge on any atom is 0.275 e. The second-order valence-electron chi connectivity index (χ2n) is 5.66. The van der Waals surface area contributed by atoms with E-state index < -0.39 is 22.9 Å². The van der Waals surface area contributed by atoms with E-state index in [1.807, 2.05) is 0 Å². The Morgan fingerprint density at radius 3 is 2.62 bits per heavy atom. The van der Waals surface area contributed by atoms with Crippen molar-refractivity contribution in [2.75, 3.05) is 6.61 Å².